The lowest BCUT2D eigenvalue weighted by molar-refractivity contribution is -0.396. The molecule has 2 rings (SSSR count). The first-order valence-corrected chi connectivity index (χ1v) is 8.01. The monoisotopic (exact) mass is 325 g/mol. The second-order valence-corrected chi connectivity index (χ2v) is 6.91. The van der Waals surface area contributed by atoms with E-state index in [4.69, 9.17) is 0 Å². The van der Waals surface area contributed by atoms with Crippen LogP contribution in [-0.2, 0) is 0 Å². The molecule has 0 unspecified atom stereocenters. The van der Waals surface area contributed by atoms with Gasteiger partial charge in [0.2, 0.25) is 0 Å². The Balaban J connectivity index is 2.10. The Labute approximate surface area is 133 Å². The molecule has 1 fully saturated rings. The van der Waals surface area contributed by atoms with Crippen molar-refractivity contribution in [2.75, 3.05) is 13.1 Å². The van der Waals surface area contributed by atoms with Crippen LogP contribution in [0.15, 0.2) is 23.1 Å². The first-order chi connectivity index (χ1) is 10.4. The Kier molecular flexibility index (Phi) is 5.36. The second-order valence-electron chi connectivity index (χ2n) is 5.77. The summed E-state index contributed by atoms with van der Waals surface area (Å²) in [5.41, 5.74) is -0.459. The molecule has 0 saturated carbocycles. The Morgan fingerprint density at radius 1 is 1.18 bits per heavy atom. The zero-order valence-corrected chi connectivity index (χ0v) is 13.4. The highest BCUT2D eigenvalue weighted by atomic mass is 32.2. The largest absolute Gasteiger partial charge is 0.291 e. The van der Waals surface area contributed by atoms with Gasteiger partial charge in [-0.2, -0.15) is 0 Å². The summed E-state index contributed by atoms with van der Waals surface area (Å²) in [4.78, 5) is 21.2. The minimum atomic E-state index is -0.616. The SMILES string of the molecule is CC(C)C1CCN(Sc2ccc([N+](=O)[O-])cc2[N+](=O)[O-])CC1. The van der Waals surface area contributed by atoms with Crippen LogP contribution >= 0.6 is 11.9 Å². The first-order valence-electron chi connectivity index (χ1n) is 7.24. The summed E-state index contributed by atoms with van der Waals surface area (Å²) in [6.07, 6.45) is 2.15. The molecule has 0 amide bonds. The third-order valence-corrected chi connectivity index (χ3v) is 5.18. The minimum Gasteiger partial charge on any atom is -0.258 e. The van der Waals surface area contributed by atoms with Crippen LogP contribution in [0.5, 0.6) is 0 Å². The molecule has 120 valence electrons. The molecule has 1 aromatic carbocycles. The number of nitro benzene ring substituents is 2. The van der Waals surface area contributed by atoms with E-state index in [-0.39, 0.29) is 11.4 Å². The van der Waals surface area contributed by atoms with Gasteiger partial charge in [-0.1, -0.05) is 13.8 Å². The average Bonchev–Trinajstić information content (AvgIpc) is 2.47. The lowest BCUT2D eigenvalue weighted by Gasteiger charge is -2.32. The summed E-state index contributed by atoms with van der Waals surface area (Å²) < 4.78 is 2.10. The highest BCUT2D eigenvalue weighted by molar-refractivity contribution is 7.97. The zero-order valence-electron chi connectivity index (χ0n) is 12.6. The van der Waals surface area contributed by atoms with Crippen LogP contribution < -0.4 is 0 Å². The van der Waals surface area contributed by atoms with Gasteiger partial charge in [0.15, 0.2) is 0 Å². The van der Waals surface area contributed by atoms with E-state index in [2.05, 4.69) is 18.2 Å². The van der Waals surface area contributed by atoms with Gasteiger partial charge in [-0.15, -0.1) is 0 Å². The van der Waals surface area contributed by atoms with E-state index < -0.39 is 9.85 Å². The summed E-state index contributed by atoms with van der Waals surface area (Å²) in [7, 11) is 0. The fraction of sp³-hybridized carbons (Fsp3) is 0.571. The molecule has 1 saturated heterocycles. The van der Waals surface area contributed by atoms with Gasteiger partial charge in [0.05, 0.1) is 15.9 Å². The van der Waals surface area contributed by atoms with Crippen LogP contribution in [0.25, 0.3) is 0 Å². The molecule has 1 aliphatic rings. The number of benzene rings is 1. The zero-order chi connectivity index (χ0) is 16.3. The number of hydrogen-bond acceptors (Lipinski definition) is 6. The van der Waals surface area contributed by atoms with E-state index in [1.165, 1.54) is 24.1 Å². The molecular weight excluding hydrogens is 306 g/mol. The third-order valence-electron chi connectivity index (χ3n) is 4.02. The molecule has 0 spiro atoms. The van der Waals surface area contributed by atoms with Crippen molar-refractivity contribution in [1.82, 2.24) is 4.31 Å². The lowest BCUT2D eigenvalue weighted by atomic mass is 9.87. The van der Waals surface area contributed by atoms with Crippen LogP contribution in [-0.4, -0.2) is 27.2 Å². The molecular formula is C14H19N3O4S. The van der Waals surface area contributed by atoms with Gasteiger partial charge in [0.25, 0.3) is 11.4 Å². The third kappa shape index (κ3) is 3.95. The van der Waals surface area contributed by atoms with E-state index in [1.54, 1.807) is 0 Å². The molecule has 0 aromatic heterocycles. The molecule has 8 heteroatoms. The van der Waals surface area contributed by atoms with Gasteiger partial charge < -0.3 is 0 Å². The average molecular weight is 325 g/mol. The maximum Gasteiger partial charge on any atom is 0.291 e. The molecule has 0 radical (unpaired) electrons. The van der Waals surface area contributed by atoms with Gasteiger partial charge >= 0.3 is 0 Å². The molecule has 7 nitrogen and oxygen atoms in total. The molecule has 0 aliphatic carbocycles. The number of nitrogens with zero attached hydrogens (tertiary/aromatic N) is 3. The van der Waals surface area contributed by atoms with E-state index >= 15 is 0 Å². The van der Waals surface area contributed by atoms with E-state index in [0.29, 0.717) is 16.7 Å². The highest BCUT2D eigenvalue weighted by Gasteiger charge is 2.25. The predicted octanol–water partition coefficient (Wildman–Crippen LogP) is 3.88. The van der Waals surface area contributed by atoms with Crippen LogP contribution in [0.1, 0.15) is 26.7 Å². The van der Waals surface area contributed by atoms with Crippen LogP contribution in [0, 0.1) is 32.1 Å². The van der Waals surface area contributed by atoms with Gasteiger partial charge in [-0.05, 0) is 42.7 Å². The normalized spacial score (nSPS) is 16.9. The molecule has 1 aromatic rings. The van der Waals surface area contributed by atoms with Gasteiger partial charge in [0, 0.05) is 19.2 Å². The van der Waals surface area contributed by atoms with Gasteiger partial charge in [-0.25, -0.2) is 4.31 Å². The predicted molar refractivity (Wildman–Crippen MR) is 84.7 cm³/mol. The summed E-state index contributed by atoms with van der Waals surface area (Å²) >= 11 is 1.32. The van der Waals surface area contributed by atoms with Crippen molar-refractivity contribution in [1.29, 1.82) is 0 Å². The molecule has 22 heavy (non-hydrogen) atoms. The molecule has 1 aliphatic heterocycles. The highest BCUT2D eigenvalue weighted by Crippen LogP contribution is 2.37. The first kappa shape index (κ1) is 16.7. The summed E-state index contributed by atoms with van der Waals surface area (Å²) in [6.45, 7) is 6.19. The van der Waals surface area contributed by atoms with E-state index in [0.717, 1.165) is 32.0 Å². The van der Waals surface area contributed by atoms with Crippen molar-refractivity contribution in [2.45, 2.75) is 31.6 Å². The lowest BCUT2D eigenvalue weighted by Crippen LogP contribution is -2.30. The Bertz CT molecular complexity index is 571. The summed E-state index contributed by atoms with van der Waals surface area (Å²) in [6, 6.07) is 3.81. The quantitative estimate of drug-likeness (QED) is 0.463. The number of piperidine rings is 1. The number of non-ortho nitro benzene ring substituents is 1. The van der Waals surface area contributed by atoms with Crippen molar-refractivity contribution in [3.05, 3.63) is 38.4 Å². The van der Waals surface area contributed by atoms with Crippen molar-refractivity contribution in [2.24, 2.45) is 11.8 Å². The standard InChI is InChI=1S/C14H19N3O4S/c1-10(2)11-5-7-15(8-6-11)22-14-4-3-12(16(18)19)9-13(14)17(20)21/h3-4,9-11H,5-8H2,1-2H3. The van der Waals surface area contributed by atoms with Crippen LogP contribution in [0.3, 0.4) is 0 Å². The fourth-order valence-corrected chi connectivity index (χ4v) is 3.64. The minimum absolute atomic E-state index is 0.204. The van der Waals surface area contributed by atoms with E-state index in [9.17, 15) is 20.2 Å². The smallest absolute Gasteiger partial charge is 0.258 e. The van der Waals surface area contributed by atoms with E-state index in [1.807, 2.05) is 0 Å². The van der Waals surface area contributed by atoms with Crippen LogP contribution in [0.2, 0.25) is 0 Å². The topological polar surface area (TPSA) is 89.5 Å². The summed E-state index contributed by atoms with van der Waals surface area (Å²) in [5, 5.41) is 21.9. The summed E-state index contributed by atoms with van der Waals surface area (Å²) in [5.74, 6) is 1.35. The second kappa shape index (κ2) is 7.06. The van der Waals surface area contributed by atoms with Crippen molar-refractivity contribution >= 4 is 23.3 Å². The fourth-order valence-electron chi connectivity index (χ4n) is 2.61. The van der Waals surface area contributed by atoms with Gasteiger partial charge in [0.1, 0.15) is 4.90 Å². The molecule has 1 heterocycles. The van der Waals surface area contributed by atoms with Crippen molar-refractivity contribution in [3.8, 4) is 0 Å². The Morgan fingerprint density at radius 2 is 1.82 bits per heavy atom. The number of rotatable bonds is 5. The maximum atomic E-state index is 11.1. The Morgan fingerprint density at radius 3 is 2.32 bits per heavy atom. The van der Waals surface area contributed by atoms with Gasteiger partial charge in [-0.3, -0.25) is 20.2 Å². The molecule has 0 atom stereocenters. The molecule has 0 N–H and O–H groups in total. The molecule has 0 bridgehead atoms. The van der Waals surface area contributed by atoms with Crippen molar-refractivity contribution < 1.29 is 9.85 Å². The maximum absolute atomic E-state index is 11.1. The number of hydrogen-bond donors (Lipinski definition) is 0. The number of nitro groups is 2. The Hall–Kier alpha value is -1.67. The van der Waals surface area contributed by atoms with Crippen molar-refractivity contribution in [3.63, 3.8) is 0 Å². The van der Waals surface area contributed by atoms with Crippen LogP contribution in [0.4, 0.5) is 11.4 Å².